The van der Waals surface area contributed by atoms with Crippen LogP contribution in [-0.4, -0.2) is 53.3 Å². The van der Waals surface area contributed by atoms with E-state index in [-0.39, 0.29) is 11.7 Å². The third-order valence-corrected chi connectivity index (χ3v) is 5.81. The van der Waals surface area contributed by atoms with Gasteiger partial charge in [-0.3, -0.25) is 4.79 Å². The normalized spacial score (nSPS) is 14.9. The van der Waals surface area contributed by atoms with E-state index in [0.717, 1.165) is 11.4 Å². The van der Waals surface area contributed by atoms with Gasteiger partial charge in [-0.15, -0.1) is 10.2 Å². The highest BCUT2D eigenvalue weighted by atomic mass is 35.5. The van der Waals surface area contributed by atoms with Crippen LogP contribution in [0.2, 0.25) is 10.0 Å². The molecule has 1 aromatic heterocycles. The first-order valence-corrected chi connectivity index (χ1v) is 10.9. The van der Waals surface area contributed by atoms with Crippen molar-refractivity contribution >= 4 is 34.9 Å². The summed E-state index contributed by atoms with van der Waals surface area (Å²) in [6, 6.07) is 15.0. The molecular formula is C23H21Cl2FN4O2. The molecule has 1 saturated heterocycles. The van der Waals surface area contributed by atoms with Crippen LogP contribution in [0.25, 0.3) is 11.3 Å². The number of halogens is 3. The van der Waals surface area contributed by atoms with Crippen LogP contribution in [0.3, 0.4) is 0 Å². The number of nitrogens with zero attached hydrogens (tertiary/aromatic N) is 4. The number of benzene rings is 2. The van der Waals surface area contributed by atoms with Crippen molar-refractivity contribution in [1.29, 1.82) is 0 Å². The maximum absolute atomic E-state index is 13.8. The Morgan fingerprint density at radius 1 is 1.03 bits per heavy atom. The van der Waals surface area contributed by atoms with Crippen LogP contribution in [0.15, 0.2) is 54.6 Å². The molecule has 3 aromatic rings. The number of anilines is 1. The number of carbonyl (C=O) groups is 1. The summed E-state index contributed by atoms with van der Waals surface area (Å²) in [5.74, 6) is 0.135. The second-order valence-electron chi connectivity index (χ2n) is 7.40. The SMILES string of the molecule is CC(Oc1ccccc1F)C(=O)N1CCN(c2ccc(-c3ccc(Cl)cc3Cl)nn2)CC1. The van der Waals surface area contributed by atoms with Crippen molar-refractivity contribution in [1.82, 2.24) is 15.1 Å². The van der Waals surface area contributed by atoms with Gasteiger partial charge in [0.25, 0.3) is 5.91 Å². The van der Waals surface area contributed by atoms with Gasteiger partial charge in [-0.1, -0.05) is 35.3 Å². The number of ether oxygens (including phenoxy) is 1. The summed E-state index contributed by atoms with van der Waals surface area (Å²) >= 11 is 12.2. The lowest BCUT2D eigenvalue weighted by molar-refractivity contribution is -0.138. The number of aromatic nitrogens is 2. The summed E-state index contributed by atoms with van der Waals surface area (Å²) < 4.78 is 19.3. The number of hydrogen-bond acceptors (Lipinski definition) is 5. The minimum Gasteiger partial charge on any atom is -0.478 e. The van der Waals surface area contributed by atoms with Crippen LogP contribution in [0.1, 0.15) is 6.92 Å². The molecule has 0 N–H and O–H groups in total. The fourth-order valence-electron chi connectivity index (χ4n) is 3.53. The number of hydrogen-bond donors (Lipinski definition) is 0. The summed E-state index contributed by atoms with van der Waals surface area (Å²) in [5, 5.41) is 9.70. The van der Waals surface area contributed by atoms with E-state index in [9.17, 15) is 9.18 Å². The molecule has 9 heteroatoms. The Balaban J connectivity index is 1.35. The van der Waals surface area contributed by atoms with Crippen molar-refractivity contribution in [3.8, 4) is 17.0 Å². The molecule has 166 valence electrons. The van der Waals surface area contributed by atoms with E-state index in [1.807, 2.05) is 18.2 Å². The van der Waals surface area contributed by atoms with Crippen LogP contribution in [0, 0.1) is 5.82 Å². The lowest BCUT2D eigenvalue weighted by atomic mass is 10.1. The second-order valence-corrected chi connectivity index (χ2v) is 8.25. The Morgan fingerprint density at radius 2 is 1.78 bits per heavy atom. The second kappa shape index (κ2) is 9.71. The maximum Gasteiger partial charge on any atom is 0.263 e. The van der Waals surface area contributed by atoms with E-state index < -0.39 is 11.9 Å². The Kier molecular flexibility index (Phi) is 6.77. The average Bonchev–Trinajstić information content (AvgIpc) is 2.80. The topological polar surface area (TPSA) is 58.6 Å². The summed E-state index contributed by atoms with van der Waals surface area (Å²) in [5.41, 5.74) is 1.41. The molecule has 0 saturated carbocycles. The fraction of sp³-hybridized carbons (Fsp3) is 0.261. The molecule has 0 aliphatic carbocycles. The third kappa shape index (κ3) is 4.95. The summed E-state index contributed by atoms with van der Waals surface area (Å²) in [4.78, 5) is 16.5. The Labute approximate surface area is 195 Å². The number of amides is 1. The van der Waals surface area contributed by atoms with E-state index in [0.29, 0.717) is 41.9 Å². The van der Waals surface area contributed by atoms with Crippen molar-refractivity contribution in [2.24, 2.45) is 0 Å². The lowest BCUT2D eigenvalue weighted by Crippen LogP contribution is -2.52. The molecule has 1 aliphatic heterocycles. The highest BCUT2D eigenvalue weighted by Gasteiger charge is 2.27. The summed E-state index contributed by atoms with van der Waals surface area (Å²) in [6.45, 7) is 3.86. The van der Waals surface area contributed by atoms with E-state index >= 15 is 0 Å². The Bertz CT molecular complexity index is 1110. The molecule has 1 amide bonds. The molecule has 1 unspecified atom stereocenters. The molecule has 2 heterocycles. The van der Waals surface area contributed by atoms with Crippen LogP contribution >= 0.6 is 23.2 Å². The molecule has 2 aromatic carbocycles. The van der Waals surface area contributed by atoms with Gasteiger partial charge in [0.1, 0.15) is 0 Å². The fourth-order valence-corrected chi connectivity index (χ4v) is 4.03. The zero-order valence-electron chi connectivity index (χ0n) is 17.3. The molecule has 1 fully saturated rings. The van der Waals surface area contributed by atoms with Gasteiger partial charge >= 0.3 is 0 Å². The highest BCUT2D eigenvalue weighted by Crippen LogP contribution is 2.29. The molecule has 0 spiro atoms. The molecule has 32 heavy (non-hydrogen) atoms. The van der Waals surface area contributed by atoms with Gasteiger partial charge in [0.15, 0.2) is 23.5 Å². The van der Waals surface area contributed by atoms with Gasteiger partial charge in [0.05, 0.1) is 10.7 Å². The largest absolute Gasteiger partial charge is 0.478 e. The standard InChI is InChI=1S/C23H21Cl2FN4O2/c1-15(32-21-5-3-2-4-19(21)26)23(31)30-12-10-29(11-13-30)22-9-8-20(27-28-22)17-7-6-16(24)14-18(17)25/h2-9,14-15H,10-13H2,1H3. The van der Waals surface area contributed by atoms with Gasteiger partial charge in [0, 0.05) is 36.8 Å². The molecule has 6 nitrogen and oxygen atoms in total. The van der Waals surface area contributed by atoms with Gasteiger partial charge in [-0.25, -0.2) is 4.39 Å². The minimum absolute atomic E-state index is 0.0724. The quantitative estimate of drug-likeness (QED) is 0.535. The molecule has 1 aliphatic rings. The Hall–Kier alpha value is -2.90. The predicted molar refractivity (Wildman–Crippen MR) is 123 cm³/mol. The van der Waals surface area contributed by atoms with Crippen LogP contribution in [0.5, 0.6) is 5.75 Å². The molecular weight excluding hydrogens is 454 g/mol. The van der Waals surface area contributed by atoms with E-state index in [1.165, 1.54) is 12.1 Å². The van der Waals surface area contributed by atoms with Crippen LogP contribution in [-0.2, 0) is 4.79 Å². The van der Waals surface area contributed by atoms with Gasteiger partial charge in [-0.2, -0.15) is 0 Å². The van der Waals surface area contributed by atoms with Crippen molar-refractivity contribution in [3.63, 3.8) is 0 Å². The van der Waals surface area contributed by atoms with Crippen LogP contribution < -0.4 is 9.64 Å². The molecule has 0 radical (unpaired) electrons. The van der Waals surface area contributed by atoms with Crippen LogP contribution in [0.4, 0.5) is 10.2 Å². The first-order valence-electron chi connectivity index (χ1n) is 10.2. The zero-order chi connectivity index (χ0) is 22.7. The average molecular weight is 475 g/mol. The smallest absolute Gasteiger partial charge is 0.263 e. The van der Waals surface area contributed by atoms with Crippen molar-refractivity contribution in [3.05, 3.63) is 70.5 Å². The van der Waals surface area contributed by atoms with Gasteiger partial charge in [0.2, 0.25) is 0 Å². The van der Waals surface area contributed by atoms with Crippen molar-refractivity contribution in [2.45, 2.75) is 13.0 Å². The van der Waals surface area contributed by atoms with Gasteiger partial charge in [-0.05, 0) is 49.4 Å². The zero-order valence-corrected chi connectivity index (χ0v) is 18.9. The molecule has 4 rings (SSSR count). The predicted octanol–water partition coefficient (Wildman–Crippen LogP) is 4.71. The Morgan fingerprint density at radius 3 is 2.44 bits per heavy atom. The maximum atomic E-state index is 13.8. The highest BCUT2D eigenvalue weighted by molar-refractivity contribution is 6.36. The number of para-hydroxylation sites is 1. The summed E-state index contributed by atoms with van der Waals surface area (Å²) in [7, 11) is 0. The first kappa shape index (κ1) is 22.3. The number of rotatable bonds is 5. The van der Waals surface area contributed by atoms with E-state index in [4.69, 9.17) is 27.9 Å². The monoisotopic (exact) mass is 474 g/mol. The van der Waals surface area contributed by atoms with Crippen molar-refractivity contribution in [2.75, 3.05) is 31.1 Å². The van der Waals surface area contributed by atoms with E-state index in [1.54, 1.807) is 36.1 Å². The number of piperazine rings is 1. The molecule has 0 bridgehead atoms. The molecule has 1 atom stereocenters. The lowest BCUT2D eigenvalue weighted by Gasteiger charge is -2.36. The summed E-state index contributed by atoms with van der Waals surface area (Å²) in [6.07, 6.45) is -0.776. The first-order chi connectivity index (χ1) is 15.4. The van der Waals surface area contributed by atoms with Gasteiger partial charge < -0.3 is 14.5 Å². The van der Waals surface area contributed by atoms with Crippen molar-refractivity contribution < 1.29 is 13.9 Å². The third-order valence-electron chi connectivity index (χ3n) is 5.26. The number of carbonyl (C=O) groups excluding carboxylic acids is 1. The minimum atomic E-state index is -0.776. The van der Waals surface area contributed by atoms with E-state index in [2.05, 4.69) is 15.1 Å².